The number of nitrogens with one attached hydrogen (secondary N) is 2. The van der Waals surface area contributed by atoms with Gasteiger partial charge in [-0.2, -0.15) is 0 Å². The highest BCUT2D eigenvalue weighted by Gasteiger charge is 2.26. The zero-order valence-corrected chi connectivity index (χ0v) is 17.6. The highest BCUT2D eigenvalue weighted by Crippen LogP contribution is 2.35. The summed E-state index contributed by atoms with van der Waals surface area (Å²) in [6.07, 6.45) is 2.24. The average Bonchev–Trinajstić information content (AvgIpc) is 2.84. The van der Waals surface area contributed by atoms with Crippen LogP contribution >= 0.6 is 0 Å². The van der Waals surface area contributed by atoms with Gasteiger partial charge in [0, 0.05) is 5.69 Å². The Kier molecular flexibility index (Phi) is 6.36. The lowest BCUT2D eigenvalue weighted by Gasteiger charge is -2.20. The first-order valence-electron chi connectivity index (χ1n) is 10.4. The molecule has 0 saturated heterocycles. The minimum atomic E-state index is -0.460. The standard InChI is InChI=1S/C25H23N5O2/c1-2-18-13-15-21(16-14-18)28-24-23(30(31)32)25(27-17-26-24)29-22(19-9-5-3-6-10-19)20-11-7-4-8-12-20/h3-17,22H,2H2,1H3,(H2,26,27,28,29). The molecule has 1 aromatic heterocycles. The molecule has 7 nitrogen and oxygen atoms in total. The topological polar surface area (TPSA) is 93.0 Å². The molecule has 0 aliphatic carbocycles. The van der Waals surface area contributed by atoms with Crippen LogP contribution in [-0.4, -0.2) is 14.9 Å². The van der Waals surface area contributed by atoms with Crippen LogP contribution in [0.1, 0.15) is 29.7 Å². The maximum atomic E-state index is 12.0. The molecule has 4 rings (SSSR count). The van der Waals surface area contributed by atoms with Crippen molar-refractivity contribution in [2.24, 2.45) is 0 Å². The number of hydrogen-bond donors (Lipinski definition) is 2. The first kappa shape index (κ1) is 21.0. The molecule has 3 aromatic carbocycles. The van der Waals surface area contributed by atoms with E-state index in [1.54, 1.807) is 0 Å². The Balaban J connectivity index is 1.71. The number of aromatic nitrogens is 2. The summed E-state index contributed by atoms with van der Waals surface area (Å²) >= 11 is 0. The lowest BCUT2D eigenvalue weighted by molar-refractivity contribution is -0.383. The number of aryl methyl sites for hydroxylation is 1. The van der Waals surface area contributed by atoms with E-state index in [2.05, 4.69) is 27.5 Å². The molecule has 0 aliphatic rings. The monoisotopic (exact) mass is 425 g/mol. The predicted molar refractivity (Wildman–Crippen MR) is 126 cm³/mol. The Morgan fingerprint density at radius 1 is 0.844 bits per heavy atom. The van der Waals surface area contributed by atoms with Crippen LogP contribution in [0.25, 0.3) is 0 Å². The lowest BCUT2D eigenvalue weighted by atomic mass is 9.99. The second-order valence-electron chi connectivity index (χ2n) is 7.25. The number of hydrogen-bond acceptors (Lipinski definition) is 6. The van der Waals surface area contributed by atoms with Crippen molar-refractivity contribution in [3.05, 3.63) is 118 Å². The van der Waals surface area contributed by atoms with E-state index < -0.39 is 4.92 Å². The van der Waals surface area contributed by atoms with Gasteiger partial charge in [-0.25, -0.2) is 9.97 Å². The molecule has 1 heterocycles. The van der Waals surface area contributed by atoms with Crippen molar-refractivity contribution in [2.45, 2.75) is 19.4 Å². The van der Waals surface area contributed by atoms with Crippen LogP contribution in [0.3, 0.4) is 0 Å². The predicted octanol–water partition coefficient (Wildman–Crippen LogP) is 5.89. The second kappa shape index (κ2) is 9.70. The molecule has 0 atom stereocenters. The van der Waals surface area contributed by atoms with Crippen LogP contribution in [-0.2, 0) is 6.42 Å². The maximum Gasteiger partial charge on any atom is 0.353 e. The molecule has 0 aliphatic heterocycles. The minimum absolute atomic E-state index is 0.136. The summed E-state index contributed by atoms with van der Waals surface area (Å²) in [4.78, 5) is 19.9. The molecule has 0 unspecified atom stereocenters. The molecule has 0 fully saturated rings. The molecule has 7 heteroatoms. The van der Waals surface area contributed by atoms with Crippen molar-refractivity contribution >= 4 is 23.0 Å². The van der Waals surface area contributed by atoms with Gasteiger partial charge in [0.1, 0.15) is 6.33 Å². The molecular formula is C25H23N5O2. The van der Waals surface area contributed by atoms with Crippen LogP contribution in [0.15, 0.2) is 91.3 Å². The van der Waals surface area contributed by atoms with E-state index in [1.807, 2.05) is 84.9 Å². The van der Waals surface area contributed by atoms with Gasteiger partial charge in [-0.3, -0.25) is 10.1 Å². The van der Waals surface area contributed by atoms with Crippen molar-refractivity contribution in [1.82, 2.24) is 9.97 Å². The van der Waals surface area contributed by atoms with Gasteiger partial charge in [0.05, 0.1) is 11.0 Å². The van der Waals surface area contributed by atoms with Crippen molar-refractivity contribution in [1.29, 1.82) is 0 Å². The molecule has 0 bridgehead atoms. The van der Waals surface area contributed by atoms with E-state index in [0.29, 0.717) is 0 Å². The summed E-state index contributed by atoms with van der Waals surface area (Å²) in [5, 5.41) is 18.4. The maximum absolute atomic E-state index is 12.0. The SMILES string of the molecule is CCc1ccc(Nc2ncnc(NC(c3ccccc3)c3ccccc3)c2[N+](=O)[O-])cc1. The molecule has 160 valence electrons. The fourth-order valence-corrected chi connectivity index (χ4v) is 3.50. The van der Waals surface area contributed by atoms with Crippen LogP contribution in [0.2, 0.25) is 0 Å². The summed E-state index contributed by atoms with van der Waals surface area (Å²) in [5.41, 5.74) is 3.64. The third kappa shape index (κ3) is 4.73. The van der Waals surface area contributed by atoms with Gasteiger partial charge in [-0.15, -0.1) is 0 Å². The van der Waals surface area contributed by atoms with Gasteiger partial charge < -0.3 is 10.6 Å². The third-order valence-electron chi connectivity index (χ3n) is 5.18. The largest absolute Gasteiger partial charge is 0.353 e. The third-order valence-corrected chi connectivity index (χ3v) is 5.18. The Labute approximate surface area is 186 Å². The fraction of sp³-hybridized carbons (Fsp3) is 0.120. The lowest BCUT2D eigenvalue weighted by Crippen LogP contribution is -2.15. The van der Waals surface area contributed by atoms with Crippen LogP contribution in [0.4, 0.5) is 23.0 Å². The quantitative estimate of drug-likeness (QED) is 0.270. The number of benzene rings is 3. The molecule has 0 spiro atoms. The Bertz CT molecular complexity index is 1140. The minimum Gasteiger partial charge on any atom is -0.353 e. The number of nitro groups is 1. The first-order chi connectivity index (χ1) is 15.7. The van der Waals surface area contributed by atoms with Gasteiger partial charge >= 0.3 is 5.69 Å². The molecular weight excluding hydrogens is 402 g/mol. The van der Waals surface area contributed by atoms with Gasteiger partial charge in [0.25, 0.3) is 0 Å². The van der Waals surface area contributed by atoms with E-state index >= 15 is 0 Å². The van der Waals surface area contributed by atoms with Crippen molar-refractivity contribution in [3.63, 3.8) is 0 Å². The van der Waals surface area contributed by atoms with Crippen molar-refractivity contribution in [3.8, 4) is 0 Å². The number of anilines is 3. The van der Waals surface area contributed by atoms with Crippen LogP contribution in [0.5, 0.6) is 0 Å². The van der Waals surface area contributed by atoms with Gasteiger partial charge in [0.15, 0.2) is 0 Å². The molecule has 4 aromatic rings. The summed E-state index contributed by atoms with van der Waals surface area (Å²) in [5.74, 6) is 0.284. The molecule has 0 saturated carbocycles. The number of nitrogens with zero attached hydrogens (tertiary/aromatic N) is 3. The van der Waals surface area contributed by atoms with E-state index in [4.69, 9.17) is 0 Å². The Morgan fingerprint density at radius 2 is 1.41 bits per heavy atom. The summed E-state index contributed by atoms with van der Waals surface area (Å²) in [7, 11) is 0. The zero-order valence-electron chi connectivity index (χ0n) is 17.6. The molecule has 0 radical (unpaired) electrons. The summed E-state index contributed by atoms with van der Waals surface area (Å²) in [6, 6.07) is 27.0. The van der Waals surface area contributed by atoms with E-state index in [-0.39, 0.29) is 23.4 Å². The second-order valence-corrected chi connectivity index (χ2v) is 7.25. The molecule has 32 heavy (non-hydrogen) atoms. The van der Waals surface area contributed by atoms with Crippen molar-refractivity contribution in [2.75, 3.05) is 10.6 Å². The van der Waals surface area contributed by atoms with E-state index in [0.717, 1.165) is 23.2 Å². The molecule has 2 N–H and O–H groups in total. The Morgan fingerprint density at radius 3 is 1.94 bits per heavy atom. The van der Waals surface area contributed by atoms with Crippen LogP contribution < -0.4 is 10.6 Å². The van der Waals surface area contributed by atoms with Crippen molar-refractivity contribution < 1.29 is 4.92 Å². The van der Waals surface area contributed by atoms with E-state index in [9.17, 15) is 10.1 Å². The Hall–Kier alpha value is -4.26. The first-order valence-corrected chi connectivity index (χ1v) is 10.4. The van der Waals surface area contributed by atoms with Gasteiger partial charge in [0.2, 0.25) is 11.6 Å². The highest BCUT2D eigenvalue weighted by molar-refractivity contribution is 5.74. The van der Waals surface area contributed by atoms with E-state index in [1.165, 1.54) is 11.9 Å². The fourth-order valence-electron chi connectivity index (χ4n) is 3.50. The number of rotatable bonds is 8. The summed E-state index contributed by atoms with van der Waals surface area (Å²) in [6.45, 7) is 2.07. The van der Waals surface area contributed by atoms with Gasteiger partial charge in [-0.05, 0) is 35.2 Å². The molecule has 0 amide bonds. The summed E-state index contributed by atoms with van der Waals surface area (Å²) < 4.78 is 0. The van der Waals surface area contributed by atoms with Gasteiger partial charge in [-0.1, -0.05) is 79.7 Å². The van der Waals surface area contributed by atoms with Crippen LogP contribution in [0, 0.1) is 10.1 Å². The average molecular weight is 425 g/mol. The zero-order chi connectivity index (χ0) is 22.3. The highest BCUT2D eigenvalue weighted by atomic mass is 16.6. The smallest absolute Gasteiger partial charge is 0.353 e. The normalized spacial score (nSPS) is 10.7.